The SMILES string of the molecule is CC(C)(COP(=O)(O)OP(=O)(O)OC[C@H]1O[C@@H](n2cnc3c(N)ncnc32)[C@H](O)[C@@H]1OP(=O)(O)O)[C@@H](O)C(=O)NCCC(=O)NCCSC(=O)CCC(=O)O.[C]. The van der Waals surface area contributed by atoms with E-state index in [0.717, 1.165) is 29.0 Å². The number of phosphoric ester groups is 3. The van der Waals surface area contributed by atoms with Gasteiger partial charge >= 0.3 is 29.4 Å². The molecule has 2 unspecified atom stereocenters. The number of aliphatic hydroxyl groups is 2. The van der Waals surface area contributed by atoms with Crippen molar-refractivity contribution < 1.29 is 90.4 Å². The maximum atomic E-state index is 12.6. The van der Waals surface area contributed by atoms with E-state index in [1.54, 1.807) is 0 Å². The third kappa shape index (κ3) is 15.1. The van der Waals surface area contributed by atoms with Crippen LogP contribution in [0.15, 0.2) is 12.7 Å². The Morgan fingerprint density at radius 1 is 1.02 bits per heavy atom. The van der Waals surface area contributed by atoms with Crippen molar-refractivity contribution in [1.29, 1.82) is 0 Å². The molecule has 1 aliphatic heterocycles. The van der Waals surface area contributed by atoms with Crippen molar-refractivity contribution >= 4 is 75.1 Å². The molecular weight excluding hydrogens is 839 g/mol. The number of aliphatic hydroxyl groups excluding tert-OH is 2. The number of nitrogens with one attached hydrogen (secondary N) is 2. The number of aliphatic carboxylic acids is 1. The molecule has 0 saturated carbocycles. The van der Waals surface area contributed by atoms with Gasteiger partial charge in [0, 0.05) is 44.5 Å². The number of imidazole rings is 1. The van der Waals surface area contributed by atoms with Crippen molar-refractivity contribution in [3.8, 4) is 0 Å². The van der Waals surface area contributed by atoms with Crippen molar-refractivity contribution in [2.24, 2.45) is 5.41 Å². The molecular formula is C26H40N7O19P3S. The lowest BCUT2D eigenvalue weighted by Crippen LogP contribution is -2.46. The summed E-state index contributed by atoms with van der Waals surface area (Å²) in [6.45, 7) is 0.213. The van der Waals surface area contributed by atoms with Gasteiger partial charge < -0.3 is 56.0 Å². The number of carboxylic acid groups (broad SMARTS) is 1. The van der Waals surface area contributed by atoms with Crippen LogP contribution in [0, 0.1) is 12.8 Å². The Hall–Kier alpha value is -2.97. The molecule has 3 heterocycles. The molecule has 0 spiro atoms. The van der Waals surface area contributed by atoms with Crippen LogP contribution in [-0.4, -0.2) is 134 Å². The van der Waals surface area contributed by atoms with Crippen LogP contribution in [0.3, 0.4) is 0 Å². The van der Waals surface area contributed by atoms with E-state index in [-0.39, 0.29) is 67.6 Å². The molecule has 2 amide bonds. The number of rotatable bonds is 22. The summed E-state index contributed by atoms with van der Waals surface area (Å²) in [6, 6.07) is 0. The minimum absolute atomic E-state index is 0. The third-order valence-electron chi connectivity index (χ3n) is 7.31. The van der Waals surface area contributed by atoms with Crippen molar-refractivity contribution in [3.05, 3.63) is 20.1 Å². The van der Waals surface area contributed by atoms with Crippen molar-refractivity contribution in [2.75, 3.05) is 37.8 Å². The average molecular weight is 880 g/mol. The second-order valence-electron chi connectivity index (χ2n) is 12.2. The number of nitrogens with two attached hydrogens (primary N) is 1. The van der Waals surface area contributed by atoms with E-state index in [0.29, 0.717) is 0 Å². The number of carboxylic acids is 1. The van der Waals surface area contributed by atoms with Gasteiger partial charge in [0.25, 0.3) is 0 Å². The first-order valence-electron chi connectivity index (χ1n) is 15.7. The Bertz CT molecular complexity index is 1850. The standard InChI is InChI=1S/C25H40N7O19P3S.C/c1-25(2,20(38)23(39)28-6-5-14(33)27-7-8-55-16(36)4-3-15(34)35)10-48-54(45,46)51-53(43,44)47-9-13-19(50-52(40,41)42)18(37)24(49-13)32-12-31-17-21(26)29-11-30-22(17)32;/h11-13,18-20,24,37-38H,3-10H2,1-2H3,(H,27,33)(H,28,39)(H,34,35)(H,43,44)(H,45,46)(H2,26,29,30)(H2,40,41,42);/t13-,18-,19-,20+,24-;/m1./s1. The molecule has 3 rings (SSSR count). The largest absolute Gasteiger partial charge is 0.481 e. The van der Waals surface area contributed by atoms with Crippen LogP contribution in [0.25, 0.3) is 11.2 Å². The van der Waals surface area contributed by atoms with Gasteiger partial charge in [-0.1, -0.05) is 25.6 Å². The van der Waals surface area contributed by atoms with Gasteiger partial charge in [0.15, 0.2) is 22.8 Å². The first-order chi connectivity index (χ1) is 25.4. The highest BCUT2D eigenvalue weighted by Crippen LogP contribution is 2.61. The van der Waals surface area contributed by atoms with Crippen molar-refractivity contribution in [1.82, 2.24) is 30.2 Å². The van der Waals surface area contributed by atoms with Gasteiger partial charge in [-0.05, 0) is 0 Å². The number of carbonyl (C=O) groups is 4. The molecule has 1 fully saturated rings. The normalized spacial score (nSPS) is 21.4. The van der Waals surface area contributed by atoms with Gasteiger partial charge in [-0.2, -0.15) is 4.31 Å². The zero-order valence-electron chi connectivity index (χ0n) is 29.3. The molecule has 0 aromatic carbocycles. The summed E-state index contributed by atoms with van der Waals surface area (Å²) in [4.78, 5) is 97.3. The van der Waals surface area contributed by atoms with E-state index in [9.17, 15) is 62.7 Å². The van der Waals surface area contributed by atoms with Crippen LogP contribution >= 0.6 is 35.2 Å². The molecule has 2 aromatic heterocycles. The Morgan fingerprint density at radius 2 is 1.68 bits per heavy atom. The van der Waals surface area contributed by atoms with Crippen LogP contribution in [0.1, 0.15) is 39.3 Å². The third-order valence-corrected chi connectivity index (χ3v) is 11.3. The number of fused-ring (bicyclic) bond motifs is 1. The van der Waals surface area contributed by atoms with Crippen LogP contribution in [0.4, 0.5) is 5.82 Å². The van der Waals surface area contributed by atoms with Crippen molar-refractivity contribution in [3.63, 3.8) is 0 Å². The highest BCUT2D eigenvalue weighted by molar-refractivity contribution is 8.13. The van der Waals surface area contributed by atoms with E-state index in [2.05, 4.69) is 34.4 Å². The van der Waals surface area contributed by atoms with Gasteiger partial charge in [-0.3, -0.25) is 37.3 Å². The van der Waals surface area contributed by atoms with Gasteiger partial charge in [-0.25, -0.2) is 28.6 Å². The van der Waals surface area contributed by atoms with E-state index in [4.69, 9.17) is 24.6 Å². The van der Waals surface area contributed by atoms with Gasteiger partial charge in [0.1, 0.15) is 36.3 Å². The molecule has 2 aromatic rings. The number of hydrogen-bond acceptors (Lipinski definition) is 19. The summed E-state index contributed by atoms with van der Waals surface area (Å²) in [5, 5.41) is 34.4. The predicted molar refractivity (Wildman–Crippen MR) is 187 cm³/mol. The topological polar surface area (TPSA) is 401 Å². The first kappa shape index (κ1) is 49.2. The molecule has 26 nitrogen and oxygen atoms in total. The van der Waals surface area contributed by atoms with E-state index < -0.39 is 90.5 Å². The Kier molecular flexibility index (Phi) is 18.1. The lowest BCUT2D eigenvalue weighted by molar-refractivity contribution is -0.138. The van der Waals surface area contributed by atoms with E-state index in [1.807, 2.05) is 0 Å². The van der Waals surface area contributed by atoms with E-state index >= 15 is 0 Å². The number of anilines is 1. The van der Waals surface area contributed by atoms with Gasteiger partial charge in [-0.15, -0.1) is 0 Å². The summed E-state index contributed by atoms with van der Waals surface area (Å²) in [5.74, 6) is -2.51. The minimum atomic E-state index is -5.59. The molecule has 0 bridgehead atoms. The summed E-state index contributed by atoms with van der Waals surface area (Å²) in [5.41, 5.74) is 4.20. The fourth-order valence-corrected chi connectivity index (χ4v) is 8.08. The van der Waals surface area contributed by atoms with Crippen LogP contribution in [0.5, 0.6) is 0 Å². The molecule has 56 heavy (non-hydrogen) atoms. The first-order valence-corrected chi connectivity index (χ1v) is 21.2. The Balaban J connectivity index is 0.0000108. The molecule has 30 heteroatoms. The maximum absolute atomic E-state index is 12.6. The van der Waals surface area contributed by atoms with E-state index in [1.165, 1.54) is 13.8 Å². The molecule has 7 atom stereocenters. The Labute approximate surface area is 322 Å². The van der Waals surface area contributed by atoms with Crippen LogP contribution in [0.2, 0.25) is 0 Å². The molecule has 0 aliphatic carbocycles. The smallest absolute Gasteiger partial charge is 0.481 e. The fraction of sp³-hybridized carbons (Fsp3) is 0.615. The number of aromatic nitrogens is 4. The summed E-state index contributed by atoms with van der Waals surface area (Å²) in [7, 11) is -16.4. The maximum Gasteiger partial charge on any atom is 0.481 e. The molecule has 4 radical (unpaired) electrons. The fourth-order valence-electron chi connectivity index (χ4n) is 4.58. The highest BCUT2D eigenvalue weighted by Gasteiger charge is 2.50. The molecule has 314 valence electrons. The lowest BCUT2D eigenvalue weighted by atomic mass is 9.87. The van der Waals surface area contributed by atoms with Crippen molar-refractivity contribution in [2.45, 2.75) is 63.8 Å². The predicted octanol–water partition coefficient (Wildman–Crippen LogP) is -1.39. The molecule has 11 N–H and O–H groups in total. The number of carbonyl (C=O) groups excluding carboxylic acids is 3. The number of ether oxygens (including phenoxy) is 1. The lowest BCUT2D eigenvalue weighted by Gasteiger charge is -2.30. The minimum Gasteiger partial charge on any atom is -0.481 e. The second kappa shape index (κ2) is 20.6. The number of amides is 2. The zero-order valence-corrected chi connectivity index (χ0v) is 32.8. The molecule has 1 saturated heterocycles. The number of thioether (sulfide) groups is 1. The zero-order chi connectivity index (χ0) is 41.4. The highest BCUT2D eigenvalue weighted by atomic mass is 32.2. The molecule has 1 aliphatic rings. The summed E-state index contributed by atoms with van der Waals surface area (Å²) in [6.07, 6.45) is -7.55. The second-order valence-corrected chi connectivity index (χ2v) is 17.6. The summed E-state index contributed by atoms with van der Waals surface area (Å²) >= 11 is 0.849. The summed E-state index contributed by atoms with van der Waals surface area (Å²) < 4.78 is 61.9. The van der Waals surface area contributed by atoms with Crippen LogP contribution < -0.4 is 16.4 Å². The monoisotopic (exact) mass is 879 g/mol. The quantitative estimate of drug-likeness (QED) is 0.0481. The van der Waals surface area contributed by atoms with Gasteiger partial charge in [0.2, 0.25) is 11.8 Å². The average Bonchev–Trinajstić information content (AvgIpc) is 3.63. The van der Waals surface area contributed by atoms with Crippen LogP contribution in [-0.2, 0) is 55.5 Å². The number of nitrogen functional groups attached to an aromatic ring is 1. The Morgan fingerprint density at radius 3 is 2.32 bits per heavy atom. The van der Waals surface area contributed by atoms with Gasteiger partial charge in [0.05, 0.1) is 26.0 Å². The number of hydrogen-bond donors (Lipinski definition) is 10. The number of nitrogens with zero attached hydrogens (tertiary/aromatic N) is 4. The number of phosphoric acid groups is 3.